The van der Waals surface area contributed by atoms with Crippen LogP contribution in [0.15, 0.2) is 41.3 Å². The summed E-state index contributed by atoms with van der Waals surface area (Å²) in [5, 5.41) is 5.61. The van der Waals surface area contributed by atoms with Gasteiger partial charge in [0.2, 0.25) is 5.91 Å². The molecule has 9 heteroatoms. The van der Waals surface area contributed by atoms with Crippen molar-refractivity contribution in [2.45, 2.75) is 18.9 Å². The quantitative estimate of drug-likeness (QED) is 0.619. The second-order valence-corrected chi connectivity index (χ2v) is 7.39. The summed E-state index contributed by atoms with van der Waals surface area (Å²) in [5.74, 6) is 0.398. The standard InChI is InChI=1S/C20H20N6O3/c27-18-11-25(8-7-21-18)17-6-2-13(10-22-17)23-19(28)12-1-5-15-16(9-12)26(14-3-4-14)20(29)24-15/h1-2,5-6,9-10,14H,3-4,7-8,11H2,(H,21,27)(H,23,28)(H,24,29). The van der Waals surface area contributed by atoms with E-state index in [9.17, 15) is 14.4 Å². The van der Waals surface area contributed by atoms with Gasteiger partial charge in [-0.15, -0.1) is 0 Å². The molecule has 1 aromatic carbocycles. The molecule has 9 nitrogen and oxygen atoms in total. The fourth-order valence-corrected chi connectivity index (χ4v) is 3.64. The monoisotopic (exact) mass is 392 g/mol. The number of nitrogens with zero attached hydrogens (tertiary/aromatic N) is 3. The number of aromatic nitrogens is 3. The van der Waals surface area contributed by atoms with Crippen LogP contribution in [0.25, 0.3) is 11.0 Å². The van der Waals surface area contributed by atoms with E-state index in [1.165, 1.54) is 0 Å². The molecule has 1 aliphatic heterocycles. The molecule has 0 atom stereocenters. The number of rotatable bonds is 4. The third kappa shape index (κ3) is 3.35. The Kier molecular flexibility index (Phi) is 4.08. The number of pyridine rings is 1. The third-order valence-corrected chi connectivity index (χ3v) is 5.26. The Bertz CT molecular complexity index is 1160. The van der Waals surface area contributed by atoms with Crippen molar-refractivity contribution in [2.75, 3.05) is 29.9 Å². The van der Waals surface area contributed by atoms with Crippen LogP contribution < -0.4 is 21.2 Å². The number of benzene rings is 1. The molecule has 2 fully saturated rings. The summed E-state index contributed by atoms with van der Waals surface area (Å²) in [6.45, 7) is 1.56. The lowest BCUT2D eigenvalue weighted by Gasteiger charge is -2.27. The van der Waals surface area contributed by atoms with E-state index in [0.717, 1.165) is 23.9 Å². The molecule has 1 saturated carbocycles. The molecular formula is C20H20N6O3. The second kappa shape index (κ2) is 6.77. The number of fused-ring (bicyclic) bond motifs is 1. The number of amides is 2. The highest BCUT2D eigenvalue weighted by Crippen LogP contribution is 2.35. The molecule has 1 aliphatic carbocycles. The number of carbonyl (C=O) groups excluding carboxylic acids is 2. The summed E-state index contributed by atoms with van der Waals surface area (Å²) in [5.41, 5.74) is 2.39. The molecule has 5 rings (SSSR count). The van der Waals surface area contributed by atoms with E-state index in [0.29, 0.717) is 30.2 Å². The average Bonchev–Trinajstić information content (AvgIpc) is 3.49. The van der Waals surface area contributed by atoms with E-state index in [2.05, 4.69) is 20.6 Å². The highest BCUT2D eigenvalue weighted by Gasteiger charge is 2.27. The minimum Gasteiger partial charge on any atom is -0.353 e. The molecule has 0 radical (unpaired) electrons. The zero-order valence-electron chi connectivity index (χ0n) is 15.6. The van der Waals surface area contributed by atoms with Crippen molar-refractivity contribution in [2.24, 2.45) is 0 Å². The van der Waals surface area contributed by atoms with E-state index in [4.69, 9.17) is 0 Å². The first-order valence-corrected chi connectivity index (χ1v) is 9.62. The Morgan fingerprint density at radius 2 is 2.03 bits per heavy atom. The molecule has 2 amide bonds. The number of hydrogen-bond donors (Lipinski definition) is 3. The van der Waals surface area contributed by atoms with Crippen LogP contribution in [0.5, 0.6) is 0 Å². The topological polar surface area (TPSA) is 112 Å². The maximum absolute atomic E-state index is 12.7. The zero-order valence-corrected chi connectivity index (χ0v) is 15.6. The highest BCUT2D eigenvalue weighted by molar-refractivity contribution is 6.06. The van der Waals surface area contributed by atoms with Gasteiger partial charge in [-0.3, -0.25) is 14.2 Å². The summed E-state index contributed by atoms with van der Waals surface area (Å²) < 4.78 is 1.73. The van der Waals surface area contributed by atoms with Crippen molar-refractivity contribution in [3.8, 4) is 0 Å². The molecule has 2 aromatic heterocycles. The van der Waals surface area contributed by atoms with Crippen LogP contribution in [0.2, 0.25) is 0 Å². The average molecular weight is 392 g/mol. The van der Waals surface area contributed by atoms with E-state index < -0.39 is 0 Å². The molecule has 3 N–H and O–H groups in total. The van der Waals surface area contributed by atoms with Gasteiger partial charge in [0.05, 0.1) is 29.5 Å². The Balaban J connectivity index is 1.34. The predicted molar refractivity (Wildman–Crippen MR) is 108 cm³/mol. The molecule has 0 unspecified atom stereocenters. The van der Waals surface area contributed by atoms with Gasteiger partial charge in [0.15, 0.2) is 0 Å². The maximum atomic E-state index is 12.7. The lowest BCUT2D eigenvalue weighted by Crippen LogP contribution is -2.48. The Labute approximate surface area is 165 Å². The minimum atomic E-state index is -0.269. The Morgan fingerprint density at radius 3 is 2.76 bits per heavy atom. The molecule has 29 heavy (non-hydrogen) atoms. The van der Waals surface area contributed by atoms with Gasteiger partial charge < -0.3 is 20.5 Å². The first-order chi connectivity index (χ1) is 14.1. The molecule has 0 bridgehead atoms. The number of piperazine rings is 1. The molecular weight excluding hydrogens is 372 g/mol. The second-order valence-electron chi connectivity index (χ2n) is 7.39. The van der Waals surface area contributed by atoms with Crippen molar-refractivity contribution >= 4 is 34.4 Å². The number of nitrogens with one attached hydrogen (secondary N) is 3. The van der Waals surface area contributed by atoms with Gasteiger partial charge in [0.25, 0.3) is 5.91 Å². The van der Waals surface area contributed by atoms with Crippen LogP contribution >= 0.6 is 0 Å². The number of anilines is 2. The smallest absolute Gasteiger partial charge is 0.326 e. The molecule has 3 aromatic rings. The van der Waals surface area contributed by atoms with E-state index in [1.807, 2.05) is 4.90 Å². The number of H-pyrrole nitrogens is 1. The van der Waals surface area contributed by atoms with Crippen molar-refractivity contribution in [1.82, 2.24) is 19.9 Å². The van der Waals surface area contributed by atoms with Crippen molar-refractivity contribution < 1.29 is 9.59 Å². The molecule has 3 heterocycles. The lowest BCUT2D eigenvalue weighted by atomic mass is 10.2. The Morgan fingerprint density at radius 1 is 1.17 bits per heavy atom. The fraction of sp³-hybridized carbons (Fsp3) is 0.300. The fourth-order valence-electron chi connectivity index (χ4n) is 3.64. The lowest BCUT2D eigenvalue weighted by molar-refractivity contribution is -0.120. The van der Waals surface area contributed by atoms with Crippen LogP contribution in [0, 0.1) is 0 Å². The molecule has 2 aliphatic rings. The number of aromatic amines is 1. The number of imidazole rings is 1. The van der Waals surface area contributed by atoms with Gasteiger partial charge in [-0.05, 0) is 43.2 Å². The van der Waals surface area contributed by atoms with E-state index >= 15 is 0 Å². The first kappa shape index (κ1) is 17.5. The van der Waals surface area contributed by atoms with Crippen LogP contribution in [0.1, 0.15) is 29.2 Å². The summed E-state index contributed by atoms with van der Waals surface area (Å²) >= 11 is 0. The van der Waals surface area contributed by atoms with Gasteiger partial charge in [0.1, 0.15) is 5.82 Å². The summed E-state index contributed by atoms with van der Waals surface area (Å²) in [7, 11) is 0. The summed E-state index contributed by atoms with van der Waals surface area (Å²) in [6, 6.07) is 8.97. The van der Waals surface area contributed by atoms with Crippen molar-refractivity contribution in [1.29, 1.82) is 0 Å². The third-order valence-electron chi connectivity index (χ3n) is 5.26. The normalized spacial score (nSPS) is 16.7. The minimum absolute atomic E-state index is 0.0275. The maximum Gasteiger partial charge on any atom is 0.326 e. The van der Waals surface area contributed by atoms with Crippen LogP contribution in [0.3, 0.4) is 0 Å². The largest absolute Gasteiger partial charge is 0.353 e. The van der Waals surface area contributed by atoms with E-state index in [1.54, 1.807) is 41.1 Å². The molecule has 0 spiro atoms. The molecule has 148 valence electrons. The van der Waals surface area contributed by atoms with E-state index in [-0.39, 0.29) is 30.1 Å². The number of carbonyl (C=O) groups is 2. The van der Waals surface area contributed by atoms with Crippen LogP contribution in [0.4, 0.5) is 11.5 Å². The van der Waals surface area contributed by atoms with Crippen LogP contribution in [-0.2, 0) is 4.79 Å². The molecule has 1 saturated heterocycles. The summed E-state index contributed by atoms with van der Waals surface area (Å²) in [6.07, 6.45) is 3.55. The number of hydrogen-bond acceptors (Lipinski definition) is 5. The van der Waals surface area contributed by atoms with Gasteiger partial charge in [-0.1, -0.05) is 0 Å². The summed E-state index contributed by atoms with van der Waals surface area (Å²) in [4.78, 5) is 45.4. The van der Waals surface area contributed by atoms with Gasteiger partial charge in [-0.2, -0.15) is 0 Å². The predicted octanol–water partition coefficient (Wildman–Crippen LogP) is 1.25. The van der Waals surface area contributed by atoms with Crippen molar-refractivity contribution in [3.05, 3.63) is 52.6 Å². The van der Waals surface area contributed by atoms with Gasteiger partial charge in [-0.25, -0.2) is 9.78 Å². The first-order valence-electron chi connectivity index (χ1n) is 9.62. The highest BCUT2D eigenvalue weighted by atomic mass is 16.2. The SMILES string of the molecule is O=C1CN(c2ccc(NC(=O)c3ccc4[nH]c(=O)n(C5CC5)c4c3)cn2)CCN1. The van der Waals surface area contributed by atoms with Gasteiger partial charge in [0, 0.05) is 24.7 Å². The zero-order chi connectivity index (χ0) is 20.0. The van der Waals surface area contributed by atoms with Crippen molar-refractivity contribution in [3.63, 3.8) is 0 Å². The van der Waals surface area contributed by atoms with Crippen LogP contribution in [-0.4, -0.2) is 46.0 Å². The van der Waals surface area contributed by atoms with Gasteiger partial charge >= 0.3 is 5.69 Å². The Hall–Kier alpha value is -3.62.